The Bertz CT molecular complexity index is 612. The highest BCUT2D eigenvalue weighted by molar-refractivity contribution is 6.32. The van der Waals surface area contributed by atoms with Gasteiger partial charge in [0.25, 0.3) is 0 Å². The maximum Gasteiger partial charge on any atom is 0.246 e. The first kappa shape index (κ1) is 15.5. The van der Waals surface area contributed by atoms with E-state index in [0.29, 0.717) is 13.1 Å². The molecule has 21 heavy (non-hydrogen) atoms. The van der Waals surface area contributed by atoms with E-state index >= 15 is 0 Å². The van der Waals surface area contributed by atoms with Crippen molar-refractivity contribution in [2.24, 2.45) is 0 Å². The van der Waals surface area contributed by atoms with E-state index < -0.39 is 5.38 Å². The van der Waals surface area contributed by atoms with E-state index in [9.17, 15) is 4.79 Å². The summed E-state index contributed by atoms with van der Waals surface area (Å²) in [5.41, 5.74) is 3.06. The molecule has 112 valence electrons. The van der Waals surface area contributed by atoms with Crippen molar-refractivity contribution in [3.05, 3.63) is 42.0 Å². The van der Waals surface area contributed by atoms with Gasteiger partial charge in [-0.3, -0.25) is 9.69 Å². The van der Waals surface area contributed by atoms with Crippen molar-refractivity contribution in [3.8, 4) is 0 Å². The van der Waals surface area contributed by atoms with Crippen molar-refractivity contribution in [1.29, 1.82) is 0 Å². The minimum absolute atomic E-state index is 0.111. The predicted molar refractivity (Wildman–Crippen MR) is 83.4 cm³/mol. The topological polar surface area (TPSA) is 51.0 Å². The van der Waals surface area contributed by atoms with Gasteiger partial charge in [-0.25, -0.2) is 0 Å². The van der Waals surface area contributed by atoms with Crippen LogP contribution in [0.5, 0.6) is 0 Å². The molecule has 1 aromatic carbocycles. The van der Waals surface area contributed by atoms with Crippen molar-refractivity contribution in [2.45, 2.75) is 39.2 Å². The molecule has 1 unspecified atom stereocenters. The van der Waals surface area contributed by atoms with Gasteiger partial charge in [-0.1, -0.05) is 24.6 Å². The second-order valence-corrected chi connectivity index (χ2v) is 5.58. The summed E-state index contributed by atoms with van der Waals surface area (Å²) in [5.74, 6) is -0.111. The Labute approximate surface area is 129 Å². The predicted octanol–water partition coefficient (Wildman–Crippen LogP) is 2.90. The fourth-order valence-electron chi connectivity index (χ4n) is 2.17. The SMILES string of the molecule is CCC(Cl)C(=O)N(Cn1cnnc1)c1ccc(C)cc1C. The Hall–Kier alpha value is -1.88. The lowest BCUT2D eigenvalue weighted by atomic mass is 10.1. The lowest BCUT2D eigenvalue weighted by molar-refractivity contribution is -0.118. The van der Waals surface area contributed by atoms with E-state index in [1.54, 1.807) is 22.1 Å². The van der Waals surface area contributed by atoms with Gasteiger partial charge in [0, 0.05) is 5.69 Å². The number of amides is 1. The minimum atomic E-state index is -0.540. The molecular weight excluding hydrogens is 288 g/mol. The summed E-state index contributed by atoms with van der Waals surface area (Å²) in [7, 11) is 0. The van der Waals surface area contributed by atoms with Crippen molar-refractivity contribution >= 4 is 23.2 Å². The van der Waals surface area contributed by atoms with Gasteiger partial charge in [-0.2, -0.15) is 0 Å². The average molecular weight is 307 g/mol. The second-order valence-electron chi connectivity index (χ2n) is 5.05. The highest BCUT2D eigenvalue weighted by atomic mass is 35.5. The number of hydrogen-bond acceptors (Lipinski definition) is 3. The van der Waals surface area contributed by atoms with Crippen LogP contribution in [0, 0.1) is 13.8 Å². The third-order valence-corrected chi connectivity index (χ3v) is 3.80. The molecule has 0 radical (unpaired) electrons. The number of nitrogens with zero attached hydrogens (tertiary/aromatic N) is 4. The van der Waals surface area contributed by atoms with E-state index in [0.717, 1.165) is 16.8 Å². The molecule has 1 amide bonds. The van der Waals surface area contributed by atoms with Crippen molar-refractivity contribution < 1.29 is 4.79 Å². The van der Waals surface area contributed by atoms with Crippen LogP contribution in [0.25, 0.3) is 0 Å². The molecule has 0 saturated carbocycles. The summed E-state index contributed by atoms with van der Waals surface area (Å²) >= 11 is 6.15. The highest BCUT2D eigenvalue weighted by Gasteiger charge is 2.23. The van der Waals surface area contributed by atoms with Crippen LogP contribution < -0.4 is 4.90 Å². The normalized spacial score (nSPS) is 12.2. The van der Waals surface area contributed by atoms with Crippen LogP contribution in [0.4, 0.5) is 5.69 Å². The monoisotopic (exact) mass is 306 g/mol. The van der Waals surface area contributed by atoms with Crippen molar-refractivity contribution in [2.75, 3.05) is 4.90 Å². The van der Waals surface area contributed by atoms with Crippen molar-refractivity contribution in [3.63, 3.8) is 0 Å². The molecule has 2 aromatic rings. The molecule has 0 aliphatic rings. The van der Waals surface area contributed by atoms with Gasteiger partial charge in [0.05, 0.1) is 0 Å². The number of carbonyl (C=O) groups is 1. The number of aryl methyl sites for hydroxylation is 2. The second kappa shape index (κ2) is 6.72. The zero-order chi connectivity index (χ0) is 15.4. The number of alkyl halides is 1. The molecule has 5 nitrogen and oxygen atoms in total. The molecule has 0 spiro atoms. The van der Waals surface area contributed by atoms with Crippen molar-refractivity contribution in [1.82, 2.24) is 14.8 Å². The van der Waals surface area contributed by atoms with Gasteiger partial charge in [-0.05, 0) is 31.9 Å². The average Bonchev–Trinajstić information content (AvgIpc) is 2.97. The first-order chi connectivity index (χ1) is 10.0. The summed E-state index contributed by atoms with van der Waals surface area (Å²) < 4.78 is 1.75. The van der Waals surface area contributed by atoms with Gasteiger partial charge in [0.2, 0.25) is 5.91 Å². The molecule has 1 heterocycles. The maximum absolute atomic E-state index is 12.6. The molecule has 0 bridgehead atoms. The Morgan fingerprint density at radius 3 is 2.57 bits per heavy atom. The number of aromatic nitrogens is 3. The smallest absolute Gasteiger partial charge is 0.246 e. The van der Waals surface area contributed by atoms with E-state index in [1.165, 1.54) is 0 Å². The number of carbonyl (C=O) groups excluding carboxylic acids is 1. The van der Waals surface area contributed by atoms with Gasteiger partial charge >= 0.3 is 0 Å². The summed E-state index contributed by atoms with van der Waals surface area (Å²) in [6.45, 7) is 6.26. The van der Waals surface area contributed by atoms with Gasteiger partial charge in [-0.15, -0.1) is 21.8 Å². The Balaban J connectivity index is 2.37. The number of rotatable bonds is 5. The lowest BCUT2D eigenvalue weighted by Crippen LogP contribution is -2.38. The third kappa shape index (κ3) is 3.61. The third-order valence-electron chi connectivity index (χ3n) is 3.31. The number of benzene rings is 1. The maximum atomic E-state index is 12.6. The van der Waals surface area contributed by atoms with E-state index in [1.807, 2.05) is 32.9 Å². The van der Waals surface area contributed by atoms with Gasteiger partial charge < -0.3 is 4.57 Å². The summed E-state index contributed by atoms with van der Waals surface area (Å²) in [6, 6.07) is 5.99. The van der Waals surface area contributed by atoms with E-state index in [2.05, 4.69) is 16.3 Å². The number of anilines is 1. The van der Waals surface area contributed by atoms with E-state index in [4.69, 9.17) is 11.6 Å². The van der Waals surface area contributed by atoms with Crippen LogP contribution in [0.15, 0.2) is 30.9 Å². The molecule has 2 rings (SSSR count). The van der Waals surface area contributed by atoms with Crippen LogP contribution in [0.2, 0.25) is 0 Å². The standard InChI is InChI=1S/C15H19ClN4O/c1-4-13(16)15(21)20(10-19-8-17-18-9-19)14-6-5-11(2)7-12(14)3/h5-9,13H,4,10H2,1-3H3. The number of hydrogen-bond donors (Lipinski definition) is 0. The zero-order valence-electron chi connectivity index (χ0n) is 12.5. The summed E-state index contributed by atoms with van der Waals surface area (Å²) in [6.07, 6.45) is 3.75. The Kier molecular flexibility index (Phi) is 4.96. The first-order valence-electron chi connectivity index (χ1n) is 6.88. The molecule has 6 heteroatoms. The number of halogens is 1. The molecular formula is C15H19ClN4O. The molecule has 0 fully saturated rings. The van der Waals surface area contributed by atoms with Crippen LogP contribution in [-0.4, -0.2) is 26.0 Å². The van der Waals surface area contributed by atoms with Crippen LogP contribution >= 0.6 is 11.6 Å². The van der Waals surface area contributed by atoms with Crippen LogP contribution in [-0.2, 0) is 11.5 Å². The largest absolute Gasteiger partial charge is 0.301 e. The van der Waals surface area contributed by atoms with Crippen LogP contribution in [0.1, 0.15) is 24.5 Å². The Morgan fingerprint density at radius 2 is 2.00 bits per heavy atom. The fourth-order valence-corrected chi connectivity index (χ4v) is 2.29. The summed E-state index contributed by atoms with van der Waals surface area (Å²) in [5, 5.41) is 7.00. The molecule has 0 aliphatic heterocycles. The van der Waals surface area contributed by atoms with Gasteiger partial charge in [0.15, 0.2) is 0 Å². The molecule has 1 atom stereocenters. The first-order valence-corrected chi connectivity index (χ1v) is 7.31. The quantitative estimate of drug-likeness (QED) is 0.798. The molecule has 0 N–H and O–H groups in total. The highest BCUT2D eigenvalue weighted by Crippen LogP contribution is 2.24. The van der Waals surface area contributed by atoms with Gasteiger partial charge in [0.1, 0.15) is 24.7 Å². The molecule has 0 aliphatic carbocycles. The Morgan fingerprint density at radius 1 is 1.33 bits per heavy atom. The molecule has 0 saturated heterocycles. The minimum Gasteiger partial charge on any atom is -0.301 e. The summed E-state index contributed by atoms with van der Waals surface area (Å²) in [4.78, 5) is 14.3. The zero-order valence-corrected chi connectivity index (χ0v) is 13.2. The van der Waals surface area contributed by atoms with Crippen LogP contribution in [0.3, 0.4) is 0 Å². The fraction of sp³-hybridized carbons (Fsp3) is 0.400. The van der Waals surface area contributed by atoms with E-state index in [-0.39, 0.29) is 5.91 Å². The molecule has 1 aromatic heterocycles. The lowest BCUT2D eigenvalue weighted by Gasteiger charge is -2.26.